The van der Waals surface area contributed by atoms with Crippen LogP contribution < -0.4 is 15.0 Å². The van der Waals surface area contributed by atoms with Gasteiger partial charge in [0.1, 0.15) is 23.7 Å². The number of hydrogen-bond donors (Lipinski definition) is 2. The van der Waals surface area contributed by atoms with Gasteiger partial charge in [0.25, 0.3) is 0 Å². The lowest BCUT2D eigenvalue weighted by molar-refractivity contribution is -0.119. The van der Waals surface area contributed by atoms with Gasteiger partial charge in [-0.1, -0.05) is 0 Å². The normalized spacial score (nSPS) is 19.3. The number of carbonyl (C=O) groups excluding carboxylic acids is 1. The van der Waals surface area contributed by atoms with E-state index in [9.17, 15) is 9.90 Å². The number of imidazole rings is 1. The number of rotatable bonds is 6. The molecule has 34 heavy (non-hydrogen) atoms. The van der Waals surface area contributed by atoms with E-state index in [4.69, 9.17) is 9.15 Å². The van der Waals surface area contributed by atoms with Gasteiger partial charge in [-0.15, -0.1) is 5.10 Å². The Kier molecular flexibility index (Phi) is 5.29. The maximum Gasteiger partial charge on any atom is 0.231 e. The van der Waals surface area contributed by atoms with Crippen molar-refractivity contribution in [2.24, 2.45) is 5.92 Å². The Bertz CT molecular complexity index is 1340. The summed E-state index contributed by atoms with van der Waals surface area (Å²) in [7, 11) is 0. The third-order valence-electron chi connectivity index (χ3n) is 6.70. The van der Waals surface area contributed by atoms with E-state index in [-0.39, 0.29) is 18.6 Å². The van der Waals surface area contributed by atoms with Crippen LogP contribution in [0.25, 0.3) is 28.1 Å². The van der Waals surface area contributed by atoms with Gasteiger partial charge in [-0.3, -0.25) is 4.79 Å². The number of aromatic nitrogens is 4. The first-order valence-corrected chi connectivity index (χ1v) is 11.7. The smallest absolute Gasteiger partial charge is 0.231 e. The fourth-order valence-electron chi connectivity index (χ4n) is 4.74. The highest BCUT2D eigenvalue weighted by atomic mass is 16.5. The molecule has 4 aromatic heterocycles. The Morgan fingerprint density at radius 3 is 2.85 bits per heavy atom. The quantitative estimate of drug-likeness (QED) is 0.449. The topological polar surface area (TPSA) is 118 Å². The summed E-state index contributed by atoms with van der Waals surface area (Å²) in [5, 5.41) is 17.9. The van der Waals surface area contributed by atoms with E-state index >= 15 is 0 Å². The molecule has 2 N–H and O–H groups in total. The summed E-state index contributed by atoms with van der Waals surface area (Å²) >= 11 is 0. The number of nitrogens with zero attached hydrogens (tertiary/aromatic N) is 5. The van der Waals surface area contributed by atoms with Crippen molar-refractivity contribution >= 4 is 28.3 Å². The molecule has 2 fully saturated rings. The van der Waals surface area contributed by atoms with Crippen LogP contribution >= 0.6 is 0 Å². The third-order valence-corrected chi connectivity index (χ3v) is 6.70. The molecule has 1 amide bonds. The molecule has 176 valence electrons. The SMILES string of the molecule is O=C1CC[C@H](COc2ccc3ncc(-c4cc5c(N6CCC(CO)CC6)nccc5o4)n3n2)N1. The molecule has 0 unspecified atom stereocenters. The minimum atomic E-state index is 0.0102. The fraction of sp³-hybridized carbons (Fsp3) is 0.417. The molecule has 0 radical (unpaired) electrons. The van der Waals surface area contributed by atoms with Crippen molar-refractivity contribution in [3.8, 4) is 17.3 Å². The molecule has 10 nitrogen and oxygen atoms in total. The number of nitrogens with one attached hydrogen (secondary N) is 1. The fourth-order valence-corrected chi connectivity index (χ4v) is 4.74. The zero-order valence-electron chi connectivity index (χ0n) is 18.7. The molecule has 10 heteroatoms. The maximum atomic E-state index is 11.4. The lowest BCUT2D eigenvalue weighted by Gasteiger charge is -2.32. The molecule has 2 saturated heterocycles. The molecule has 0 saturated carbocycles. The van der Waals surface area contributed by atoms with Gasteiger partial charge >= 0.3 is 0 Å². The second-order valence-electron chi connectivity index (χ2n) is 8.97. The van der Waals surface area contributed by atoms with E-state index in [1.165, 1.54) is 0 Å². The lowest BCUT2D eigenvalue weighted by atomic mass is 9.98. The van der Waals surface area contributed by atoms with E-state index in [0.29, 0.717) is 36.2 Å². The average Bonchev–Trinajstić information content (AvgIpc) is 3.60. The molecule has 2 aliphatic heterocycles. The van der Waals surface area contributed by atoms with Crippen LogP contribution in [0.4, 0.5) is 5.82 Å². The van der Waals surface area contributed by atoms with Crippen LogP contribution in [0.15, 0.2) is 41.1 Å². The zero-order chi connectivity index (χ0) is 23.1. The summed E-state index contributed by atoms with van der Waals surface area (Å²) in [4.78, 5) is 22.8. The van der Waals surface area contributed by atoms with E-state index in [0.717, 1.165) is 54.8 Å². The molecular weight excluding hydrogens is 436 g/mol. The minimum absolute atomic E-state index is 0.0102. The first kappa shape index (κ1) is 20.9. The van der Waals surface area contributed by atoms with E-state index in [2.05, 4.69) is 25.3 Å². The Hall–Kier alpha value is -3.66. The molecule has 1 atom stereocenters. The molecule has 0 aromatic carbocycles. The maximum absolute atomic E-state index is 11.4. The molecule has 6 heterocycles. The number of furan rings is 1. The Morgan fingerprint density at radius 2 is 2.06 bits per heavy atom. The Labute approximate surface area is 195 Å². The van der Waals surface area contributed by atoms with E-state index < -0.39 is 0 Å². The number of hydrogen-bond acceptors (Lipinski definition) is 8. The predicted molar refractivity (Wildman–Crippen MR) is 125 cm³/mol. The molecule has 0 spiro atoms. The molecular formula is C24H26N6O4. The van der Waals surface area contributed by atoms with Gasteiger partial charge < -0.3 is 24.5 Å². The molecule has 2 aliphatic rings. The lowest BCUT2D eigenvalue weighted by Crippen LogP contribution is -2.35. The largest absolute Gasteiger partial charge is 0.474 e. The Morgan fingerprint density at radius 1 is 1.18 bits per heavy atom. The summed E-state index contributed by atoms with van der Waals surface area (Å²) in [6, 6.07) is 7.49. The molecule has 4 aromatic rings. The van der Waals surface area contributed by atoms with Crippen molar-refractivity contribution in [1.82, 2.24) is 24.9 Å². The van der Waals surface area contributed by atoms with Crippen LogP contribution in [0, 0.1) is 5.92 Å². The van der Waals surface area contributed by atoms with Crippen LogP contribution in [0.3, 0.4) is 0 Å². The highest BCUT2D eigenvalue weighted by molar-refractivity contribution is 5.92. The average molecular weight is 463 g/mol. The van der Waals surface area contributed by atoms with Gasteiger partial charge in [0.2, 0.25) is 11.8 Å². The van der Waals surface area contributed by atoms with Crippen molar-refractivity contribution < 1.29 is 19.1 Å². The van der Waals surface area contributed by atoms with Crippen LogP contribution in [-0.2, 0) is 4.79 Å². The van der Waals surface area contributed by atoms with Crippen molar-refractivity contribution in [2.45, 2.75) is 31.7 Å². The van der Waals surface area contributed by atoms with Crippen LogP contribution in [0.1, 0.15) is 25.7 Å². The second kappa shape index (κ2) is 8.60. The number of aliphatic hydroxyl groups excluding tert-OH is 1. The highest BCUT2D eigenvalue weighted by Crippen LogP contribution is 2.34. The number of carbonyl (C=O) groups is 1. The van der Waals surface area contributed by atoms with Crippen molar-refractivity contribution in [3.63, 3.8) is 0 Å². The first-order chi connectivity index (χ1) is 16.7. The Balaban J connectivity index is 1.28. The number of aliphatic hydroxyl groups is 1. The standard InChI is InChI=1S/C24H26N6O4/c31-13-15-6-9-29(10-7-15)24-17-11-20(34-19(17)5-8-25-24)18-12-26-21-2-4-23(28-30(18)21)33-14-16-1-3-22(32)27-16/h2,4-5,8,11-12,15-16,31H,1,3,6-7,9-10,13-14H2,(H,27,32)/t16-/m1/s1. The van der Waals surface area contributed by atoms with Gasteiger partial charge in [0.05, 0.1) is 17.6 Å². The minimum Gasteiger partial charge on any atom is -0.474 e. The summed E-state index contributed by atoms with van der Waals surface area (Å²) in [6.45, 7) is 2.33. The monoisotopic (exact) mass is 462 g/mol. The second-order valence-corrected chi connectivity index (χ2v) is 8.97. The number of fused-ring (bicyclic) bond motifs is 2. The summed E-state index contributed by atoms with van der Waals surface area (Å²) < 4.78 is 13.7. The van der Waals surface area contributed by atoms with Gasteiger partial charge in [-0.25, -0.2) is 14.5 Å². The third kappa shape index (κ3) is 3.83. The van der Waals surface area contributed by atoms with Gasteiger partial charge in [0, 0.05) is 38.4 Å². The molecule has 0 aliphatic carbocycles. The van der Waals surface area contributed by atoms with Crippen molar-refractivity contribution in [1.29, 1.82) is 0 Å². The summed E-state index contributed by atoms with van der Waals surface area (Å²) in [6.07, 6.45) is 6.71. The molecule has 0 bridgehead atoms. The first-order valence-electron chi connectivity index (χ1n) is 11.7. The number of amides is 1. The summed E-state index contributed by atoms with van der Waals surface area (Å²) in [5.74, 6) is 2.42. The number of ether oxygens (including phenoxy) is 1. The zero-order valence-corrected chi connectivity index (χ0v) is 18.7. The van der Waals surface area contributed by atoms with Gasteiger partial charge in [0.15, 0.2) is 11.4 Å². The highest BCUT2D eigenvalue weighted by Gasteiger charge is 2.24. The van der Waals surface area contributed by atoms with Crippen LogP contribution in [-0.4, -0.2) is 62.9 Å². The summed E-state index contributed by atoms with van der Waals surface area (Å²) in [5.41, 5.74) is 2.15. The molecule has 6 rings (SSSR count). The van der Waals surface area contributed by atoms with Crippen molar-refractivity contribution in [3.05, 3.63) is 36.7 Å². The van der Waals surface area contributed by atoms with Gasteiger partial charge in [-0.2, -0.15) is 0 Å². The van der Waals surface area contributed by atoms with Crippen LogP contribution in [0.2, 0.25) is 0 Å². The van der Waals surface area contributed by atoms with E-state index in [1.54, 1.807) is 23.0 Å². The predicted octanol–water partition coefficient (Wildman–Crippen LogP) is 2.40. The van der Waals surface area contributed by atoms with Crippen LogP contribution in [0.5, 0.6) is 5.88 Å². The van der Waals surface area contributed by atoms with E-state index in [1.807, 2.05) is 18.2 Å². The van der Waals surface area contributed by atoms with Gasteiger partial charge in [-0.05, 0) is 43.4 Å². The number of pyridine rings is 1. The number of piperidine rings is 1. The number of anilines is 1. The van der Waals surface area contributed by atoms with Crippen molar-refractivity contribution in [2.75, 3.05) is 31.2 Å².